The first kappa shape index (κ1) is 22.3. The lowest BCUT2D eigenvalue weighted by atomic mass is 10.1. The number of hydrogen-bond donors (Lipinski definition) is 3. The highest BCUT2D eigenvalue weighted by atomic mass is 16.5. The third-order valence-corrected chi connectivity index (χ3v) is 5.03. The van der Waals surface area contributed by atoms with Crippen LogP contribution < -0.4 is 20.1 Å². The van der Waals surface area contributed by atoms with E-state index in [0.29, 0.717) is 23.1 Å². The van der Waals surface area contributed by atoms with E-state index in [1.807, 2.05) is 13.0 Å². The zero-order valence-corrected chi connectivity index (χ0v) is 17.7. The van der Waals surface area contributed by atoms with E-state index >= 15 is 0 Å². The molecule has 1 heterocycles. The Balaban J connectivity index is 1.98. The van der Waals surface area contributed by atoms with Gasteiger partial charge in [-0.25, -0.2) is 0 Å². The van der Waals surface area contributed by atoms with Crippen LogP contribution in [0.2, 0.25) is 0 Å². The number of ether oxygens (including phenoxy) is 2. The Morgan fingerprint density at radius 3 is 2.61 bits per heavy atom. The van der Waals surface area contributed by atoms with Crippen LogP contribution in [0.15, 0.2) is 23.2 Å². The molecule has 1 aromatic carbocycles. The number of hydrogen-bond acceptors (Lipinski definition) is 5. The minimum Gasteiger partial charge on any atom is -0.497 e. The molecule has 3 N–H and O–H groups in total. The molecule has 1 unspecified atom stereocenters. The molecule has 0 spiro atoms. The van der Waals surface area contributed by atoms with Crippen molar-refractivity contribution in [3.8, 4) is 11.5 Å². The predicted molar refractivity (Wildman–Crippen MR) is 113 cm³/mol. The van der Waals surface area contributed by atoms with Crippen LogP contribution in [0.1, 0.15) is 44.8 Å². The van der Waals surface area contributed by atoms with Gasteiger partial charge in [0.05, 0.1) is 20.8 Å². The zero-order valence-electron chi connectivity index (χ0n) is 17.7. The molecule has 1 aliphatic rings. The summed E-state index contributed by atoms with van der Waals surface area (Å²) >= 11 is 0. The molecule has 0 radical (unpaired) electrons. The number of aliphatic hydroxyl groups is 1. The molecule has 0 aromatic heterocycles. The Labute approximate surface area is 169 Å². The number of aliphatic hydroxyl groups excluding tert-OH is 1. The molecule has 28 heavy (non-hydrogen) atoms. The molecule has 1 fully saturated rings. The van der Waals surface area contributed by atoms with Crippen LogP contribution in [0.5, 0.6) is 11.5 Å². The topological polar surface area (TPSA) is 78.4 Å². The molecular formula is C21H36N4O3. The van der Waals surface area contributed by atoms with Crippen molar-refractivity contribution in [3.05, 3.63) is 23.8 Å². The van der Waals surface area contributed by atoms with Crippen LogP contribution in [-0.4, -0.2) is 69.0 Å². The molecule has 158 valence electrons. The summed E-state index contributed by atoms with van der Waals surface area (Å²) in [6.07, 6.45) is 2.65. The number of aliphatic imine (C=N–C) groups is 1. The van der Waals surface area contributed by atoms with E-state index in [-0.39, 0.29) is 6.54 Å². The van der Waals surface area contributed by atoms with Crippen molar-refractivity contribution >= 4 is 5.96 Å². The van der Waals surface area contributed by atoms with Crippen LogP contribution in [0, 0.1) is 0 Å². The molecule has 0 saturated carbocycles. The van der Waals surface area contributed by atoms with Crippen LogP contribution >= 0.6 is 0 Å². The highest BCUT2D eigenvalue weighted by Crippen LogP contribution is 2.29. The first-order valence-electron chi connectivity index (χ1n) is 10.3. The SMILES string of the molecule is CCCN1CCC(NC(=NCC(O)c2cc(OC)ccc2OC)NCC)CC1. The molecule has 0 bridgehead atoms. The second-order valence-corrected chi connectivity index (χ2v) is 7.10. The minimum absolute atomic E-state index is 0.244. The van der Waals surface area contributed by atoms with E-state index in [2.05, 4.69) is 27.4 Å². The summed E-state index contributed by atoms with van der Waals surface area (Å²) < 4.78 is 10.6. The lowest BCUT2D eigenvalue weighted by Gasteiger charge is -2.32. The van der Waals surface area contributed by atoms with Gasteiger partial charge in [-0.2, -0.15) is 0 Å². The van der Waals surface area contributed by atoms with Crippen molar-refractivity contribution < 1.29 is 14.6 Å². The predicted octanol–water partition coefficient (Wildman–Crippen LogP) is 2.17. The summed E-state index contributed by atoms with van der Waals surface area (Å²) in [7, 11) is 3.20. The maximum Gasteiger partial charge on any atom is 0.191 e. The largest absolute Gasteiger partial charge is 0.497 e. The van der Waals surface area contributed by atoms with Gasteiger partial charge in [0.15, 0.2) is 5.96 Å². The van der Waals surface area contributed by atoms with Gasteiger partial charge < -0.3 is 30.1 Å². The summed E-state index contributed by atoms with van der Waals surface area (Å²) in [4.78, 5) is 7.12. The maximum absolute atomic E-state index is 10.7. The second kappa shape index (κ2) is 11.8. The van der Waals surface area contributed by atoms with E-state index in [0.717, 1.165) is 38.4 Å². The summed E-state index contributed by atoms with van der Waals surface area (Å²) in [5, 5.41) is 17.5. The minimum atomic E-state index is -0.771. The summed E-state index contributed by atoms with van der Waals surface area (Å²) in [6, 6.07) is 5.82. The van der Waals surface area contributed by atoms with Crippen LogP contribution in [0.25, 0.3) is 0 Å². The third kappa shape index (κ3) is 6.56. The average molecular weight is 393 g/mol. The van der Waals surface area contributed by atoms with Crippen LogP contribution in [0.3, 0.4) is 0 Å². The molecule has 1 aromatic rings. The summed E-state index contributed by atoms with van der Waals surface area (Å²) in [5.41, 5.74) is 0.675. The van der Waals surface area contributed by atoms with Gasteiger partial charge in [0.1, 0.15) is 17.6 Å². The van der Waals surface area contributed by atoms with Crippen molar-refractivity contribution in [2.75, 3.05) is 46.9 Å². The van der Waals surface area contributed by atoms with Crippen molar-refractivity contribution in [2.45, 2.75) is 45.3 Å². The standard InChI is InChI=1S/C21H36N4O3/c1-5-11-25-12-9-16(10-13-25)24-21(22-6-2)23-15-19(26)18-14-17(27-3)7-8-20(18)28-4/h7-8,14,16,19,26H,5-6,9-13,15H2,1-4H3,(H2,22,23,24). The molecular weight excluding hydrogens is 356 g/mol. The van der Waals surface area contributed by atoms with Gasteiger partial charge in [0, 0.05) is 31.2 Å². The molecule has 2 rings (SSSR count). The van der Waals surface area contributed by atoms with Crippen LogP contribution in [-0.2, 0) is 0 Å². The van der Waals surface area contributed by atoms with Gasteiger partial charge in [0.2, 0.25) is 0 Å². The normalized spacial score (nSPS) is 17.2. The van der Waals surface area contributed by atoms with Crippen LogP contribution in [0.4, 0.5) is 0 Å². The van der Waals surface area contributed by atoms with Crippen molar-refractivity contribution in [1.82, 2.24) is 15.5 Å². The zero-order chi connectivity index (χ0) is 20.4. The lowest BCUT2D eigenvalue weighted by molar-refractivity contribution is 0.181. The Morgan fingerprint density at radius 2 is 2.00 bits per heavy atom. The van der Waals surface area contributed by atoms with Gasteiger partial charge in [-0.05, 0) is 50.9 Å². The number of rotatable bonds is 9. The van der Waals surface area contributed by atoms with E-state index in [9.17, 15) is 5.11 Å². The molecule has 1 saturated heterocycles. The first-order chi connectivity index (χ1) is 13.6. The van der Waals surface area contributed by atoms with E-state index < -0.39 is 6.10 Å². The Kier molecular flexibility index (Phi) is 9.37. The molecule has 1 aliphatic heterocycles. The lowest BCUT2D eigenvalue weighted by Crippen LogP contribution is -2.48. The Bertz CT molecular complexity index is 616. The molecule has 7 nitrogen and oxygen atoms in total. The number of benzene rings is 1. The van der Waals surface area contributed by atoms with E-state index in [4.69, 9.17) is 9.47 Å². The molecule has 1 atom stereocenters. The maximum atomic E-state index is 10.7. The fourth-order valence-electron chi connectivity index (χ4n) is 3.51. The molecule has 0 aliphatic carbocycles. The molecule has 7 heteroatoms. The van der Waals surface area contributed by atoms with Gasteiger partial charge in [-0.3, -0.25) is 4.99 Å². The fraction of sp³-hybridized carbons (Fsp3) is 0.667. The average Bonchev–Trinajstić information content (AvgIpc) is 2.73. The monoisotopic (exact) mass is 392 g/mol. The number of nitrogens with one attached hydrogen (secondary N) is 2. The van der Waals surface area contributed by atoms with Gasteiger partial charge in [0.25, 0.3) is 0 Å². The van der Waals surface area contributed by atoms with Gasteiger partial charge in [-0.1, -0.05) is 6.92 Å². The number of piperidine rings is 1. The number of nitrogens with zero attached hydrogens (tertiary/aromatic N) is 2. The molecule has 0 amide bonds. The smallest absolute Gasteiger partial charge is 0.191 e. The number of likely N-dealkylation sites (tertiary alicyclic amines) is 1. The number of guanidine groups is 1. The quantitative estimate of drug-likeness (QED) is 0.442. The Morgan fingerprint density at radius 1 is 1.25 bits per heavy atom. The first-order valence-corrected chi connectivity index (χ1v) is 10.3. The fourth-order valence-corrected chi connectivity index (χ4v) is 3.51. The number of methoxy groups -OCH3 is 2. The van der Waals surface area contributed by atoms with Gasteiger partial charge >= 0.3 is 0 Å². The summed E-state index contributed by atoms with van der Waals surface area (Å²) in [6.45, 7) is 8.70. The third-order valence-electron chi connectivity index (χ3n) is 5.03. The highest BCUT2D eigenvalue weighted by molar-refractivity contribution is 5.80. The second-order valence-electron chi connectivity index (χ2n) is 7.10. The van der Waals surface area contributed by atoms with E-state index in [1.54, 1.807) is 26.4 Å². The van der Waals surface area contributed by atoms with E-state index in [1.165, 1.54) is 13.0 Å². The Hall–Kier alpha value is -1.99. The highest BCUT2D eigenvalue weighted by Gasteiger charge is 2.20. The van der Waals surface area contributed by atoms with Crippen molar-refractivity contribution in [3.63, 3.8) is 0 Å². The van der Waals surface area contributed by atoms with Crippen molar-refractivity contribution in [1.29, 1.82) is 0 Å². The van der Waals surface area contributed by atoms with Crippen molar-refractivity contribution in [2.24, 2.45) is 4.99 Å². The summed E-state index contributed by atoms with van der Waals surface area (Å²) in [5.74, 6) is 2.06. The van der Waals surface area contributed by atoms with Gasteiger partial charge in [-0.15, -0.1) is 0 Å².